The summed E-state index contributed by atoms with van der Waals surface area (Å²) in [6.45, 7) is 2.05. The number of aromatic hydroxyl groups is 2. The fourth-order valence-electron chi connectivity index (χ4n) is 2.98. The average Bonchev–Trinajstić information content (AvgIpc) is 2.52. The van der Waals surface area contributed by atoms with Crippen molar-refractivity contribution < 1.29 is 29.3 Å². The van der Waals surface area contributed by atoms with E-state index < -0.39 is 11.6 Å². The van der Waals surface area contributed by atoms with Gasteiger partial charge < -0.3 is 24.5 Å². The van der Waals surface area contributed by atoms with Crippen molar-refractivity contribution in [1.82, 2.24) is 0 Å². The smallest absolute Gasteiger partial charge is 0.347 e. The number of rotatable bonds is 6. The van der Waals surface area contributed by atoms with Crippen LogP contribution >= 0.6 is 0 Å². The van der Waals surface area contributed by atoms with E-state index in [-0.39, 0.29) is 35.5 Å². The Morgan fingerprint density at radius 3 is 2.62 bits per heavy atom. The summed E-state index contributed by atoms with van der Waals surface area (Å²) in [4.78, 5) is 22.7. The van der Waals surface area contributed by atoms with Crippen LogP contribution in [-0.2, 0) is 4.79 Å². The lowest BCUT2D eigenvalue weighted by Crippen LogP contribution is -2.03. The predicted octanol–water partition coefficient (Wildman–Crippen LogP) is 3.30. The topological polar surface area (TPSA) is 117 Å². The zero-order valence-corrected chi connectivity index (χ0v) is 14.1. The number of carboxylic acids is 1. The summed E-state index contributed by atoms with van der Waals surface area (Å²) in [7, 11) is 0. The first-order valence-electron chi connectivity index (χ1n) is 8.14. The third-order valence-corrected chi connectivity index (χ3v) is 4.10. The van der Waals surface area contributed by atoms with Gasteiger partial charge in [0.2, 0.25) is 0 Å². The van der Waals surface area contributed by atoms with E-state index in [1.165, 1.54) is 18.2 Å². The zero-order chi connectivity index (χ0) is 18.8. The number of carbonyl (C=O) groups is 1. The Morgan fingerprint density at radius 1 is 1.12 bits per heavy atom. The van der Waals surface area contributed by atoms with Crippen molar-refractivity contribution in [3.63, 3.8) is 0 Å². The van der Waals surface area contributed by atoms with Crippen LogP contribution in [-0.4, -0.2) is 27.9 Å². The Balaban J connectivity index is 2.02. The summed E-state index contributed by atoms with van der Waals surface area (Å²) >= 11 is 0. The molecule has 0 bridgehead atoms. The number of carboxylic acid groups (broad SMARTS) is 1. The van der Waals surface area contributed by atoms with Gasteiger partial charge in [-0.25, -0.2) is 4.79 Å². The number of aliphatic carboxylic acids is 1. The first-order chi connectivity index (χ1) is 12.4. The van der Waals surface area contributed by atoms with Crippen molar-refractivity contribution in [2.24, 2.45) is 0 Å². The van der Waals surface area contributed by atoms with Gasteiger partial charge >= 0.3 is 11.6 Å². The molecule has 0 saturated heterocycles. The molecule has 26 heavy (non-hydrogen) atoms. The van der Waals surface area contributed by atoms with Gasteiger partial charge in [0.15, 0.2) is 0 Å². The molecule has 0 unspecified atom stereocenters. The van der Waals surface area contributed by atoms with Crippen molar-refractivity contribution in [3.05, 3.63) is 40.2 Å². The fraction of sp³-hybridized carbons (Fsp3) is 0.263. The van der Waals surface area contributed by atoms with Gasteiger partial charge in [-0.2, -0.15) is 0 Å². The third kappa shape index (κ3) is 3.42. The van der Waals surface area contributed by atoms with Crippen LogP contribution in [0.25, 0.3) is 21.7 Å². The fourth-order valence-corrected chi connectivity index (χ4v) is 2.98. The highest BCUT2D eigenvalue weighted by molar-refractivity contribution is 6.08. The molecule has 0 spiro atoms. The minimum atomic E-state index is -0.856. The molecule has 3 N–H and O–H groups in total. The van der Waals surface area contributed by atoms with Crippen LogP contribution in [0.2, 0.25) is 0 Å². The Labute approximate surface area is 148 Å². The lowest BCUT2D eigenvalue weighted by molar-refractivity contribution is -0.137. The average molecular weight is 358 g/mol. The van der Waals surface area contributed by atoms with Crippen LogP contribution in [0.4, 0.5) is 0 Å². The normalized spacial score (nSPS) is 11.1. The molecule has 0 radical (unpaired) electrons. The number of fused-ring (bicyclic) bond motifs is 3. The van der Waals surface area contributed by atoms with Gasteiger partial charge in [0.1, 0.15) is 28.2 Å². The maximum atomic E-state index is 12.2. The summed E-state index contributed by atoms with van der Waals surface area (Å²) in [6, 6.07) is 5.85. The molecule has 0 amide bonds. The van der Waals surface area contributed by atoms with Gasteiger partial charge in [-0.1, -0.05) is 0 Å². The molecule has 0 atom stereocenters. The monoisotopic (exact) mass is 358 g/mol. The van der Waals surface area contributed by atoms with Crippen molar-refractivity contribution in [2.45, 2.75) is 26.2 Å². The molecule has 0 aliphatic heterocycles. The highest BCUT2D eigenvalue weighted by Gasteiger charge is 2.15. The highest BCUT2D eigenvalue weighted by Crippen LogP contribution is 2.35. The molecule has 0 saturated carbocycles. The Hall–Kier alpha value is -3.22. The van der Waals surface area contributed by atoms with Crippen LogP contribution in [0, 0.1) is 6.92 Å². The molecular formula is C19H18O7. The summed E-state index contributed by atoms with van der Waals surface area (Å²) in [5, 5.41) is 29.7. The number of ether oxygens (including phenoxy) is 1. The highest BCUT2D eigenvalue weighted by atomic mass is 16.5. The van der Waals surface area contributed by atoms with E-state index in [1.54, 1.807) is 13.0 Å². The van der Waals surface area contributed by atoms with Crippen LogP contribution in [0.3, 0.4) is 0 Å². The number of hydrogen-bond acceptors (Lipinski definition) is 6. The second-order valence-corrected chi connectivity index (χ2v) is 6.09. The molecule has 3 rings (SSSR count). The number of unbranched alkanes of at least 4 members (excludes halogenated alkanes) is 1. The van der Waals surface area contributed by atoms with Gasteiger partial charge in [0.05, 0.1) is 6.61 Å². The van der Waals surface area contributed by atoms with E-state index in [9.17, 15) is 19.8 Å². The van der Waals surface area contributed by atoms with E-state index in [1.807, 2.05) is 0 Å². The van der Waals surface area contributed by atoms with E-state index in [0.717, 1.165) is 0 Å². The first kappa shape index (κ1) is 17.6. The van der Waals surface area contributed by atoms with Gasteiger partial charge in [-0.05, 0) is 37.5 Å². The van der Waals surface area contributed by atoms with Gasteiger partial charge in [-0.3, -0.25) is 4.79 Å². The summed E-state index contributed by atoms with van der Waals surface area (Å²) in [5.74, 6) is -0.770. The first-order valence-corrected chi connectivity index (χ1v) is 8.14. The molecule has 3 aromatic rings. The number of hydrogen-bond donors (Lipinski definition) is 3. The van der Waals surface area contributed by atoms with Crippen LogP contribution < -0.4 is 10.4 Å². The Bertz CT molecular complexity index is 1050. The standard InChI is InChI=1S/C19H18O7/c1-10-6-11(20)7-15-17(10)13-8-12(25-5-3-2-4-16(22)23)9-14(21)18(13)19(24)26-15/h6-9,20-21H,2-5H2,1H3,(H,22,23). The second kappa shape index (κ2) is 6.95. The van der Waals surface area contributed by atoms with Crippen molar-refractivity contribution in [3.8, 4) is 17.2 Å². The Morgan fingerprint density at radius 2 is 1.88 bits per heavy atom. The van der Waals surface area contributed by atoms with E-state index in [2.05, 4.69) is 0 Å². The SMILES string of the molecule is Cc1cc(O)cc2oc(=O)c3c(O)cc(OCCCCC(=O)O)cc3c12. The van der Waals surface area contributed by atoms with Crippen LogP contribution in [0.1, 0.15) is 24.8 Å². The van der Waals surface area contributed by atoms with Gasteiger partial charge in [0.25, 0.3) is 0 Å². The molecule has 1 heterocycles. The van der Waals surface area contributed by atoms with Crippen LogP contribution in [0.15, 0.2) is 33.5 Å². The molecule has 7 heteroatoms. The molecule has 0 aliphatic carbocycles. The van der Waals surface area contributed by atoms with E-state index in [0.29, 0.717) is 34.9 Å². The van der Waals surface area contributed by atoms with Crippen molar-refractivity contribution in [2.75, 3.05) is 6.61 Å². The number of phenolic OH excluding ortho intramolecular Hbond substituents is 2. The molecule has 1 aromatic heterocycles. The number of aryl methyl sites for hydroxylation is 1. The quantitative estimate of drug-likeness (QED) is 0.351. The van der Waals surface area contributed by atoms with E-state index in [4.69, 9.17) is 14.3 Å². The van der Waals surface area contributed by atoms with E-state index >= 15 is 0 Å². The summed E-state index contributed by atoms with van der Waals surface area (Å²) < 4.78 is 10.8. The molecule has 0 aliphatic rings. The summed E-state index contributed by atoms with van der Waals surface area (Å²) in [6.07, 6.45) is 1.11. The number of phenols is 2. The number of benzene rings is 2. The maximum absolute atomic E-state index is 12.2. The molecular weight excluding hydrogens is 340 g/mol. The van der Waals surface area contributed by atoms with Gasteiger partial charge in [-0.15, -0.1) is 0 Å². The third-order valence-electron chi connectivity index (χ3n) is 4.10. The zero-order valence-electron chi connectivity index (χ0n) is 14.1. The lowest BCUT2D eigenvalue weighted by atomic mass is 10.0. The maximum Gasteiger partial charge on any atom is 0.347 e. The Kier molecular flexibility index (Phi) is 4.71. The molecule has 7 nitrogen and oxygen atoms in total. The second-order valence-electron chi connectivity index (χ2n) is 6.09. The minimum Gasteiger partial charge on any atom is -0.508 e. The summed E-state index contributed by atoms with van der Waals surface area (Å²) in [5.41, 5.74) is 0.202. The predicted molar refractivity (Wildman–Crippen MR) is 95.0 cm³/mol. The van der Waals surface area contributed by atoms with Crippen LogP contribution in [0.5, 0.6) is 17.2 Å². The lowest BCUT2D eigenvalue weighted by Gasteiger charge is -2.11. The molecule has 0 fully saturated rings. The van der Waals surface area contributed by atoms with Crippen molar-refractivity contribution in [1.29, 1.82) is 0 Å². The molecule has 2 aromatic carbocycles. The minimum absolute atomic E-state index is 0.0208. The largest absolute Gasteiger partial charge is 0.508 e. The van der Waals surface area contributed by atoms with Gasteiger partial charge in [0, 0.05) is 29.3 Å². The molecule has 136 valence electrons. The van der Waals surface area contributed by atoms with Crippen molar-refractivity contribution >= 4 is 27.7 Å².